The number of hydrogen-bond acceptors (Lipinski definition) is 3. The highest BCUT2D eigenvalue weighted by atomic mass is 16.3. The Morgan fingerprint density at radius 3 is 2.85 bits per heavy atom. The van der Waals surface area contributed by atoms with E-state index in [9.17, 15) is 5.11 Å². The Bertz CT molecular complexity index is 282. The lowest BCUT2D eigenvalue weighted by molar-refractivity contribution is 0.423. The lowest BCUT2D eigenvalue weighted by atomic mass is 9.90. The minimum atomic E-state index is 0.342. The van der Waals surface area contributed by atoms with Gasteiger partial charge in [-0.3, -0.25) is 4.98 Å². The first kappa shape index (κ1) is 8.51. The van der Waals surface area contributed by atoms with Gasteiger partial charge in [0.25, 0.3) is 0 Å². The van der Waals surface area contributed by atoms with Crippen molar-refractivity contribution in [3.05, 3.63) is 24.0 Å². The Labute approximate surface area is 77.8 Å². The Balaban J connectivity index is 2.18. The first-order valence-corrected chi connectivity index (χ1v) is 4.71. The van der Waals surface area contributed by atoms with E-state index >= 15 is 0 Å². The molecule has 0 aliphatic carbocycles. The maximum absolute atomic E-state index is 9.58. The van der Waals surface area contributed by atoms with E-state index in [1.54, 1.807) is 6.20 Å². The van der Waals surface area contributed by atoms with Crippen molar-refractivity contribution >= 4 is 0 Å². The molecule has 1 saturated heterocycles. The van der Waals surface area contributed by atoms with Crippen molar-refractivity contribution in [3.8, 4) is 5.75 Å². The van der Waals surface area contributed by atoms with Crippen LogP contribution in [0.15, 0.2) is 18.5 Å². The molecule has 0 bridgehead atoms. The van der Waals surface area contributed by atoms with Gasteiger partial charge in [-0.15, -0.1) is 0 Å². The Morgan fingerprint density at radius 1 is 1.38 bits per heavy atom. The van der Waals surface area contributed by atoms with E-state index in [4.69, 9.17) is 0 Å². The Hall–Kier alpha value is -1.09. The van der Waals surface area contributed by atoms with E-state index in [1.165, 1.54) is 6.20 Å². The normalized spacial score (nSPS) is 18.8. The van der Waals surface area contributed by atoms with Crippen LogP contribution in [0.3, 0.4) is 0 Å². The topological polar surface area (TPSA) is 45.2 Å². The van der Waals surface area contributed by atoms with E-state index in [-0.39, 0.29) is 0 Å². The third kappa shape index (κ3) is 1.80. The molecular formula is C10H14N2O. The van der Waals surface area contributed by atoms with E-state index in [2.05, 4.69) is 10.3 Å². The van der Waals surface area contributed by atoms with Crippen LogP contribution in [0.1, 0.15) is 24.3 Å². The first-order chi connectivity index (χ1) is 6.38. The van der Waals surface area contributed by atoms with Gasteiger partial charge in [-0.25, -0.2) is 0 Å². The summed E-state index contributed by atoms with van der Waals surface area (Å²) in [4.78, 5) is 3.87. The molecule has 1 aliphatic rings. The summed E-state index contributed by atoms with van der Waals surface area (Å²) in [5.74, 6) is 0.846. The molecule has 1 aliphatic heterocycles. The Morgan fingerprint density at radius 2 is 2.15 bits per heavy atom. The highest BCUT2D eigenvalue weighted by Gasteiger charge is 2.17. The van der Waals surface area contributed by atoms with Crippen LogP contribution in [0.5, 0.6) is 5.75 Å². The molecule has 3 heteroatoms. The number of hydrogen-bond donors (Lipinski definition) is 2. The lowest BCUT2D eigenvalue weighted by Crippen LogP contribution is -2.26. The van der Waals surface area contributed by atoms with Gasteiger partial charge >= 0.3 is 0 Å². The van der Waals surface area contributed by atoms with Crippen molar-refractivity contribution < 1.29 is 5.11 Å². The van der Waals surface area contributed by atoms with Gasteiger partial charge in [0.15, 0.2) is 0 Å². The second-order valence-corrected chi connectivity index (χ2v) is 3.46. The second-order valence-electron chi connectivity index (χ2n) is 3.46. The molecule has 1 aromatic rings. The molecule has 1 fully saturated rings. The summed E-state index contributed by atoms with van der Waals surface area (Å²) < 4.78 is 0. The number of aromatic nitrogens is 1. The molecule has 2 heterocycles. The molecule has 0 spiro atoms. The van der Waals surface area contributed by atoms with Crippen LogP contribution in [0.25, 0.3) is 0 Å². The zero-order valence-electron chi connectivity index (χ0n) is 7.53. The minimum absolute atomic E-state index is 0.342. The molecule has 0 unspecified atom stereocenters. The maximum Gasteiger partial charge on any atom is 0.137 e. The van der Waals surface area contributed by atoms with Crippen LogP contribution < -0.4 is 5.32 Å². The van der Waals surface area contributed by atoms with Gasteiger partial charge in [-0.05, 0) is 37.9 Å². The van der Waals surface area contributed by atoms with Crippen molar-refractivity contribution in [2.45, 2.75) is 18.8 Å². The molecule has 0 radical (unpaired) electrons. The van der Waals surface area contributed by atoms with Crippen molar-refractivity contribution in [2.75, 3.05) is 13.1 Å². The fraction of sp³-hybridized carbons (Fsp3) is 0.500. The first-order valence-electron chi connectivity index (χ1n) is 4.71. The fourth-order valence-corrected chi connectivity index (χ4v) is 1.88. The minimum Gasteiger partial charge on any atom is -0.506 e. The van der Waals surface area contributed by atoms with E-state index in [0.717, 1.165) is 31.5 Å². The predicted molar refractivity (Wildman–Crippen MR) is 50.7 cm³/mol. The fourth-order valence-electron chi connectivity index (χ4n) is 1.88. The van der Waals surface area contributed by atoms with Crippen LogP contribution in [0, 0.1) is 0 Å². The number of nitrogens with zero attached hydrogens (tertiary/aromatic N) is 1. The monoisotopic (exact) mass is 178 g/mol. The van der Waals surface area contributed by atoms with E-state index < -0.39 is 0 Å². The molecule has 1 aromatic heterocycles. The summed E-state index contributed by atoms with van der Waals surface area (Å²) in [5.41, 5.74) is 1.05. The standard InChI is InChI=1S/C10H14N2O/c13-10-7-12-6-3-9(10)8-1-4-11-5-2-8/h3,6-8,11,13H,1-2,4-5H2. The quantitative estimate of drug-likeness (QED) is 0.680. The predicted octanol–water partition coefficient (Wildman–Crippen LogP) is 1.25. The molecule has 0 saturated carbocycles. The zero-order valence-corrected chi connectivity index (χ0v) is 7.53. The number of nitrogens with one attached hydrogen (secondary N) is 1. The van der Waals surface area contributed by atoms with Crippen molar-refractivity contribution in [1.82, 2.24) is 10.3 Å². The van der Waals surface area contributed by atoms with Gasteiger partial charge in [0.05, 0.1) is 6.20 Å². The molecule has 2 rings (SSSR count). The van der Waals surface area contributed by atoms with Crippen LogP contribution in [-0.4, -0.2) is 23.2 Å². The molecule has 2 N–H and O–H groups in total. The molecule has 0 amide bonds. The van der Waals surface area contributed by atoms with Crippen molar-refractivity contribution in [3.63, 3.8) is 0 Å². The van der Waals surface area contributed by atoms with Gasteiger partial charge in [0, 0.05) is 11.8 Å². The van der Waals surface area contributed by atoms with Crippen LogP contribution in [0.4, 0.5) is 0 Å². The summed E-state index contributed by atoms with van der Waals surface area (Å²) in [5, 5.41) is 12.9. The number of piperidine rings is 1. The van der Waals surface area contributed by atoms with E-state index in [0.29, 0.717) is 11.7 Å². The summed E-state index contributed by atoms with van der Waals surface area (Å²) in [6, 6.07) is 1.92. The van der Waals surface area contributed by atoms with Gasteiger partial charge in [0.1, 0.15) is 5.75 Å². The summed E-state index contributed by atoms with van der Waals surface area (Å²) in [7, 11) is 0. The van der Waals surface area contributed by atoms with Gasteiger partial charge in [-0.2, -0.15) is 0 Å². The third-order valence-electron chi connectivity index (χ3n) is 2.61. The molecule has 3 nitrogen and oxygen atoms in total. The third-order valence-corrected chi connectivity index (χ3v) is 2.61. The average molecular weight is 178 g/mol. The molecular weight excluding hydrogens is 164 g/mol. The maximum atomic E-state index is 9.58. The largest absolute Gasteiger partial charge is 0.506 e. The van der Waals surface area contributed by atoms with Gasteiger partial charge in [0.2, 0.25) is 0 Å². The van der Waals surface area contributed by atoms with Crippen molar-refractivity contribution in [1.29, 1.82) is 0 Å². The molecule has 0 atom stereocenters. The number of rotatable bonds is 1. The number of pyridine rings is 1. The zero-order chi connectivity index (χ0) is 9.10. The highest BCUT2D eigenvalue weighted by molar-refractivity contribution is 5.32. The van der Waals surface area contributed by atoms with Crippen LogP contribution >= 0.6 is 0 Å². The number of aromatic hydroxyl groups is 1. The van der Waals surface area contributed by atoms with Crippen LogP contribution in [0.2, 0.25) is 0 Å². The average Bonchev–Trinajstić information content (AvgIpc) is 2.20. The van der Waals surface area contributed by atoms with Crippen LogP contribution in [-0.2, 0) is 0 Å². The van der Waals surface area contributed by atoms with Gasteiger partial charge in [-0.1, -0.05) is 0 Å². The Kier molecular flexibility index (Phi) is 2.45. The lowest BCUT2D eigenvalue weighted by Gasteiger charge is -2.23. The smallest absolute Gasteiger partial charge is 0.137 e. The SMILES string of the molecule is Oc1cnccc1C1CCNCC1. The molecule has 13 heavy (non-hydrogen) atoms. The van der Waals surface area contributed by atoms with Crippen molar-refractivity contribution in [2.24, 2.45) is 0 Å². The summed E-state index contributed by atoms with van der Waals surface area (Å²) >= 11 is 0. The summed E-state index contributed by atoms with van der Waals surface area (Å²) in [6.45, 7) is 2.10. The molecule has 0 aromatic carbocycles. The van der Waals surface area contributed by atoms with Gasteiger partial charge < -0.3 is 10.4 Å². The second kappa shape index (κ2) is 3.75. The molecule has 70 valence electrons. The summed E-state index contributed by atoms with van der Waals surface area (Å²) in [6.07, 6.45) is 5.49. The van der Waals surface area contributed by atoms with E-state index in [1.807, 2.05) is 6.07 Å². The highest BCUT2D eigenvalue weighted by Crippen LogP contribution is 2.30.